The smallest absolute Gasteiger partial charge is 0.315 e. The molecule has 2 aromatic heterocycles. The van der Waals surface area contributed by atoms with E-state index in [1.54, 1.807) is 48.5 Å². The van der Waals surface area contributed by atoms with Crippen LogP contribution in [0.4, 0.5) is 5.69 Å². The number of para-hydroxylation sites is 1. The molecule has 0 fully saturated rings. The second-order valence-electron chi connectivity index (χ2n) is 7.45. The lowest BCUT2D eigenvalue weighted by atomic mass is 10.2. The number of methoxy groups -OCH3 is 1. The first-order valence-electron chi connectivity index (χ1n) is 10.2. The van der Waals surface area contributed by atoms with E-state index in [4.69, 9.17) is 20.8 Å². The van der Waals surface area contributed by atoms with Gasteiger partial charge in [-0.2, -0.15) is 9.78 Å². The van der Waals surface area contributed by atoms with Gasteiger partial charge in [0, 0.05) is 22.0 Å². The number of fused-ring (bicyclic) bond motifs is 2. The van der Waals surface area contributed by atoms with E-state index < -0.39 is 21.9 Å². The minimum atomic E-state index is -0.746. The zero-order valence-electron chi connectivity index (χ0n) is 18.0. The molecule has 0 unspecified atom stereocenters. The number of benzene rings is 3. The van der Waals surface area contributed by atoms with Crippen LogP contribution in [-0.2, 0) is 0 Å². The fraction of sp³-hybridized carbons (Fsp3) is 0.0417. The highest BCUT2D eigenvalue weighted by Crippen LogP contribution is 2.36. The van der Waals surface area contributed by atoms with E-state index in [2.05, 4.69) is 10.1 Å². The maximum Gasteiger partial charge on any atom is 0.315 e. The Morgan fingerprint density at radius 1 is 1.20 bits per heavy atom. The predicted octanol–water partition coefficient (Wildman–Crippen LogP) is 4.97. The Bertz CT molecular complexity index is 1720. The van der Waals surface area contributed by atoms with E-state index in [1.807, 2.05) is 0 Å². The Hall–Kier alpha value is -4.70. The van der Waals surface area contributed by atoms with Crippen LogP contribution in [-0.4, -0.2) is 33.0 Å². The van der Waals surface area contributed by atoms with Crippen molar-refractivity contribution >= 4 is 45.4 Å². The highest BCUT2D eigenvalue weighted by molar-refractivity contribution is 6.31. The topological polar surface area (TPSA) is 133 Å². The molecule has 0 atom stereocenters. The number of phenols is 1. The highest BCUT2D eigenvalue weighted by atomic mass is 35.5. The molecule has 0 amide bonds. The van der Waals surface area contributed by atoms with Gasteiger partial charge in [0.1, 0.15) is 5.58 Å². The third-order valence-corrected chi connectivity index (χ3v) is 5.50. The fourth-order valence-electron chi connectivity index (χ4n) is 3.62. The summed E-state index contributed by atoms with van der Waals surface area (Å²) < 4.78 is 12.0. The summed E-state index contributed by atoms with van der Waals surface area (Å²) in [6, 6.07) is 16.0. The zero-order chi connectivity index (χ0) is 24.7. The first-order chi connectivity index (χ1) is 16.9. The number of ether oxygens (including phenoxy) is 1. The summed E-state index contributed by atoms with van der Waals surface area (Å²) in [5, 5.41) is 27.2. The molecule has 0 aliphatic rings. The number of aromatic hydroxyl groups is 1. The number of phenolic OH excluding ortho intramolecular Hbond substituents is 1. The van der Waals surface area contributed by atoms with Crippen LogP contribution >= 0.6 is 11.6 Å². The third-order valence-electron chi connectivity index (χ3n) is 5.27. The number of nitro benzene ring substituents is 1. The number of rotatable bonds is 5. The second-order valence-corrected chi connectivity index (χ2v) is 7.89. The lowest BCUT2D eigenvalue weighted by Gasteiger charge is -2.08. The molecule has 0 aliphatic carbocycles. The molecule has 2 heterocycles. The molecular weight excluding hydrogens is 476 g/mol. The summed E-state index contributed by atoms with van der Waals surface area (Å²) in [5.41, 5.74) is 0.166. The molecule has 11 heteroatoms. The molecule has 5 aromatic rings. The number of furan rings is 1. The summed E-state index contributed by atoms with van der Waals surface area (Å²) >= 11 is 6.08. The summed E-state index contributed by atoms with van der Waals surface area (Å²) in [6.45, 7) is 0. The molecule has 10 nitrogen and oxygen atoms in total. The summed E-state index contributed by atoms with van der Waals surface area (Å²) in [7, 11) is 1.27. The SMILES string of the molecule is COc1cc(C=Nn2c(-c3cc4cc(Cl)ccc4o3)nc3ccccc3c2=O)cc([N+](=O)[O-])c1O. The van der Waals surface area contributed by atoms with E-state index in [-0.39, 0.29) is 22.9 Å². The fourth-order valence-corrected chi connectivity index (χ4v) is 3.80. The molecule has 35 heavy (non-hydrogen) atoms. The number of hydrogen-bond acceptors (Lipinski definition) is 8. The van der Waals surface area contributed by atoms with Crippen LogP contribution in [0.1, 0.15) is 5.56 Å². The largest absolute Gasteiger partial charge is 0.500 e. The monoisotopic (exact) mass is 490 g/mol. The molecule has 0 aliphatic heterocycles. The van der Waals surface area contributed by atoms with Gasteiger partial charge in [0.2, 0.25) is 11.6 Å². The molecule has 0 radical (unpaired) electrons. The Labute approximate surface area is 201 Å². The van der Waals surface area contributed by atoms with Gasteiger partial charge in [-0.3, -0.25) is 14.9 Å². The molecule has 0 spiro atoms. The first-order valence-corrected chi connectivity index (χ1v) is 10.5. The predicted molar refractivity (Wildman–Crippen MR) is 131 cm³/mol. The Morgan fingerprint density at radius 3 is 2.77 bits per heavy atom. The van der Waals surface area contributed by atoms with Gasteiger partial charge in [0.05, 0.1) is 29.2 Å². The van der Waals surface area contributed by atoms with Crippen molar-refractivity contribution < 1.29 is 19.2 Å². The first kappa shape index (κ1) is 22.1. The molecule has 0 saturated heterocycles. The van der Waals surface area contributed by atoms with Crippen LogP contribution in [0.2, 0.25) is 5.02 Å². The van der Waals surface area contributed by atoms with Crippen molar-refractivity contribution in [2.75, 3.05) is 7.11 Å². The third kappa shape index (κ3) is 3.96. The Balaban J connectivity index is 1.72. The van der Waals surface area contributed by atoms with Gasteiger partial charge in [-0.1, -0.05) is 23.7 Å². The van der Waals surface area contributed by atoms with Crippen molar-refractivity contribution in [1.29, 1.82) is 0 Å². The van der Waals surface area contributed by atoms with Gasteiger partial charge in [0.15, 0.2) is 11.5 Å². The van der Waals surface area contributed by atoms with E-state index in [1.165, 1.54) is 19.4 Å². The van der Waals surface area contributed by atoms with Crippen molar-refractivity contribution in [1.82, 2.24) is 9.66 Å². The van der Waals surface area contributed by atoms with Gasteiger partial charge in [-0.05, 0) is 42.5 Å². The van der Waals surface area contributed by atoms with Gasteiger partial charge in [0.25, 0.3) is 5.56 Å². The molecule has 3 aromatic carbocycles. The molecule has 0 bridgehead atoms. The number of aromatic nitrogens is 2. The molecule has 5 rings (SSSR count). The minimum Gasteiger partial charge on any atom is -0.500 e. The summed E-state index contributed by atoms with van der Waals surface area (Å²) in [6.07, 6.45) is 1.23. The molecular formula is C24H15ClN4O6. The Kier molecular flexibility index (Phi) is 5.42. The van der Waals surface area contributed by atoms with E-state index in [0.717, 1.165) is 10.7 Å². The van der Waals surface area contributed by atoms with E-state index >= 15 is 0 Å². The maximum atomic E-state index is 13.3. The lowest BCUT2D eigenvalue weighted by molar-refractivity contribution is -0.386. The number of hydrogen-bond donors (Lipinski definition) is 1. The average molecular weight is 491 g/mol. The van der Waals surface area contributed by atoms with Crippen molar-refractivity contribution in [2.24, 2.45) is 5.10 Å². The van der Waals surface area contributed by atoms with Crippen LogP contribution in [0, 0.1) is 10.1 Å². The van der Waals surface area contributed by atoms with Gasteiger partial charge >= 0.3 is 5.69 Å². The van der Waals surface area contributed by atoms with Crippen LogP contribution in [0.25, 0.3) is 33.5 Å². The summed E-state index contributed by atoms with van der Waals surface area (Å²) in [5.74, 6) is -0.325. The van der Waals surface area contributed by atoms with Crippen LogP contribution < -0.4 is 10.3 Å². The van der Waals surface area contributed by atoms with Crippen molar-refractivity contribution in [3.63, 3.8) is 0 Å². The van der Waals surface area contributed by atoms with Gasteiger partial charge < -0.3 is 14.3 Å². The minimum absolute atomic E-state index is 0.112. The van der Waals surface area contributed by atoms with Crippen LogP contribution in [0.5, 0.6) is 11.5 Å². The second kappa shape index (κ2) is 8.58. The standard InChI is InChI=1S/C24H15ClN4O6/c1-34-20-9-13(8-18(22(20)30)29(32)33)12-26-28-23(27-17-5-3-2-4-16(17)24(28)31)21-11-14-10-15(25)6-7-19(14)35-21/h2-12,30H,1H3. The molecule has 1 N–H and O–H groups in total. The lowest BCUT2D eigenvalue weighted by Crippen LogP contribution is -2.20. The van der Waals surface area contributed by atoms with Crippen molar-refractivity contribution in [3.8, 4) is 23.1 Å². The van der Waals surface area contributed by atoms with Crippen LogP contribution in [0.3, 0.4) is 0 Å². The number of halogens is 1. The normalized spacial score (nSPS) is 11.5. The number of nitro groups is 1. The van der Waals surface area contributed by atoms with Gasteiger partial charge in [-0.25, -0.2) is 4.98 Å². The van der Waals surface area contributed by atoms with Crippen molar-refractivity contribution in [2.45, 2.75) is 0 Å². The average Bonchev–Trinajstić information content (AvgIpc) is 3.27. The maximum absolute atomic E-state index is 13.3. The van der Waals surface area contributed by atoms with E-state index in [9.17, 15) is 20.0 Å². The van der Waals surface area contributed by atoms with Crippen LogP contribution in [0.15, 0.2) is 75.0 Å². The zero-order valence-corrected chi connectivity index (χ0v) is 18.8. The number of nitrogens with zero attached hydrogens (tertiary/aromatic N) is 4. The quantitative estimate of drug-likeness (QED) is 0.209. The highest BCUT2D eigenvalue weighted by Gasteiger charge is 2.20. The molecule has 0 saturated carbocycles. The Morgan fingerprint density at radius 2 is 2.00 bits per heavy atom. The molecule has 174 valence electrons. The summed E-state index contributed by atoms with van der Waals surface area (Å²) in [4.78, 5) is 28.5. The van der Waals surface area contributed by atoms with Crippen molar-refractivity contribution in [3.05, 3.63) is 91.7 Å². The van der Waals surface area contributed by atoms with E-state index in [0.29, 0.717) is 26.9 Å². The van der Waals surface area contributed by atoms with Gasteiger partial charge in [-0.15, -0.1) is 0 Å².